The fourth-order valence-electron chi connectivity index (χ4n) is 5.65. The average Bonchev–Trinajstić information content (AvgIpc) is 3.15. The van der Waals surface area contributed by atoms with Gasteiger partial charge in [0, 0.05) is 23.8 Å². The molecule has 2 aromatic carbocycles. The predicted octanol–water partition coefficient (Wildman–Crippen LogP) is 5.48. The topological polar surface area (TPSA) is 56.1 Å². The molecule has 1 aromatic heterocycles. The molecule has 0 saturated heterocycles. The number of carbonyl (C=O) groups excluding carboxylic acids is 1. The Bertz CT molecular complexity index is 1190. The highest BCUT2D eigenvalue weighted by Gasteiger charge is 2.24. The van der Waals surface area contributed by atoms with Gasteiger partial charge in [0.2, 0.25) is 5.91 Å². The summed E-state index contributed by atoms with van der Waals surface area (Å²) >= 11 is 1.72. The Morgan fingerprint density at radius 3 is 2.68 bits per heavy atom. The molecule has 5 heteroatoms. The highest BCUT2D eigenvalue weighted by molar-refractivity contribution is 7.17. The van der Waals surface area contributed by atoms with E-state index in [1.165, 1.54) is 40.5 Å². The summed E-state index contributed by atoms with van der Waals surface area (Å²) in [6.07, 6.45) is 8.49. The van der Waals surface area contributed by atoms with E-state index in [0.717, 1.165) is 62.4 Å². The van der Waals surface area contributed by atoms with Gasteiger partial charge in [-0.25, -0.2) is 0 Å². The first-order valence-corrected chi connectivity index (χ1v) is 13.5. The normalized spacial score (nSPS) is 20.9. The van der Waals surface area contributed by atoms with Crippen molar-refractivity contribution in [1.82, 2.24) is 10.2 Å². The number of hydrogen-bond donors (Lipinski definition) is 1. The van der Waals surface area contributed by atoms with Crippen molar-refractivity contribution in [1.29, 1.82) is 5.26 Å². The van der Waals surface area contributed by atoms with Crippen molar-refractivity contribution >= 4 is 27.3 Å². The predicted molar refractivity (Wildman–Crippen MR) is 139 cm³/mol. The van der Waals surface area contributed by atoms with Gasteiger partial charge in [-0.1, -0.05) is 24.3 Å². The lowest BCUT2D eigenvalue weighted by Gasteiger charge is -2.30. The molecule has 0 atom stereocenters. The van der Waals surface area contributed by atoms with Crippen LogP contribution in [-0.2, 0) is 24.1 Å². The lowest BCUT2D eigenvalue weighted by Crippen LogP contribution is -2.39. The Labute approximate surface area is 206 Å². The standard InChI is InChI=1S/C29H33N3OS/c30-19-22-5-8-23-12-15-32(16-13-24(23)17-22)14-11-21-6-9-26(10-7-21)31-29(33)18-25-20-34-28-4-2-1-3-27(25)28/h1-5,8,17,20-21,26H,6-7,9-16,18H2,(H,31,33). The van der Waals surface area contributed by atoms with E-state index in [4.69, 9.17) is 5.26 Å². The van der Waals surface area contributed by atoms with Gasteiger partial charge in [0.25, 0.3) is 0 Å². The Hall–Kier alpha value is -2.68. The summed E-state index contributed by atoms with van der Waals surface area (Å²) in [6, 6.07) is 17.1. The zero-order valence-corrected chi connectivity index (χ0v) is 20.6. The van der Waals surface area contributed by atoms with Gasteiger partial charge in [0.1, 0.15) is 0 Å². The quantitative estimate of drug-likeness (QED) is 0.518. The van der Waals surface area contributed by atoms with Crippen LogP contribution in [0.5, 0.6) is 0 Å². The van der Waals surface area contributed by atoms with Gasteiger partial charge in [0.05, 0.1) is 18.1 Å². The first kappa shape index (κ1) is 23.1. The summed E-state index contributed by atoms with van der Waals surface area (Å²) < 4.78 is 1.26. The highest BCUT2D eigenvalue weighted by atomic mass is 32.1. The van der Waals surface area contributed by atoms with Crippen molar-refractivity contribution in [3.05, 3.63) is 70.1 Å². The van der Waals surface area contributed by atoms with Crippen LogP contribution < -0.4 is 5.32 Å². The summed E-state index contributed by atoms with van der Waals surface area (Å²) in [5.74, 6) is 0.931. The summed E-state index contributed by atoms with van der Waals surface area (Å²) in [6.45, 7) is 3.36. The Balaban J connectivity index is 1.04. The first-order valence-electron chi connectivity index (χ1n) is 12.7. The van der Waals surface area contributed by atoms with E-state index in [9.17, 15) is 4.79 Å². The largest absolute Gasteiger partial charge is 0.353 e. The van der Waals surface area contributed by atoms with Crippen LogP contribution in [0.3, 0.4) is 0 Å². The third kappa shape index (κ3) is 5.51. The van der Waals surface area contributed by atoms with Gasteiger partial charge < -0.3 is 10.2 Å². The van der Waals surface area contributed by atoms with Gasteiger partial charge in [0.15, 0.2) is 0 Å². The monoisotopic (exact) mass is 471 g/mol. The van der Waals surface area contributed by atoms with E-state index in [1.54, 1.807) is 11.3 Å². The van der Waals surface area contributed by atoms with Crippen LogP contribution in [0, 0.1) is 17.2 Å². The number of nitrogens with zero attached hydrogens (tertiary/aromatic N) is 2. The van der Waals surface area contributed by atoms with Crippen LogP contribution in [-0.4, -0.2) is 36.5 Å². The number of nitriles is 1. The molecular formula is C29H33N3OS. The lowest BCUT2D eigenvalue weighted by atomic mass is 9.84. The van der Waals surface area contributed by atoms with Crippen LogP contribution >= 0.6 is 11.3 Å². The van der Waals surface area contributed by atoms with Crippen LogP contribution in [0.15, 0.2) is 47.8 Å². The first-order chi connectivity index (χ1) is 16.7. The SMILES string of the molecule is N#Cc1ccc2c(c1)CCN(CCC1CCC(NC(=O)Cc3csc4ccccc34)CC1)CC2. The molecule has 34 heavy (non-hydrogen) atoms. The minimum absolute atomic E-state index is 0.163. The van der Waals surface area contributed by atoms with Crippen LogP contribution in [0.4, 0.5) is 0 Å². The lowest BCUT2D eigenvalue weighted by molar-refractivity contribution is -0.121. The van der Waals surface area contributed by atoms with Crippen molar-refractivity contribution in [2.24, 2.45) is 5.92 Å². The zero-order valence-electron chi connectivity index (χ0n) is 19.8. The number of rotatable bonds is 6. The molecule has 0 unspecified atom stereocenters. The van der Waals surface area contributed by atoms with Gasteiger partial charge in [-0.2, -0.15) is 5.26 Å². The van der Waals surface area contributed by atoms with Crippen molar-refractivity contribution < 1.29 is 4.79 Å². The molecule has 4 nitrogen and oxygen atoms in total. The molecule has 0 spiro atoms. The number of fused-ring (bicyclic) bond motifs is 2. The van der Waals surface area contributed by atoms with E-state index >= 15 is 0 Å². The van der Waals surface area contributed by atoms with Gasteiger partial charge in [-0.05, 0) is 103 Å². The molecule has 0 radical (unpaired) electrons. The summed E-state index contributed by atoms with van der Waals surface area (Å²) in [5, 5.41) is 15.8. The van der Waals surface area contributed by atoms with Crippen molar-refractivity contribution in [2.75, 3.05) is 19.6 Å². The van der Waals surface area contributed by atoms with Crippen molar-refractivity contribution in [3.8, 4) is 6.07 Å². The highest BCUT2D eigenvalue weighted by Crippen LogP contribution is 2.29. The number of nitrogens with one attached hydrogen (secondary N) is 1. The van der Waals surface area contributed by atoms with E-state index in [0.29, 0.717) is 12.5 Å². The summed E-state index contributed by atoms with van der Waals surface area (Å²) in [5.41, 5.74) is 4.69. The minimum Gasteiger partial charge on any atom is -0.353 e. The molecule has 1 N–H and O–H groups in total. The third-order valence-electron chi connectivity index (χ3n) is 7.71. The van der Waals surface area contributed by atoms with E-state index < -0.39 is 0 Å². The van der Waals surface area contributed by atoms with Crippen LogP contribution in [0.2, 0.25) is 0 Å². The maximum Gasteiger partial charge on any atom is 0.224 e. The maximum atomic E-state index is 12.7. The second-order valence-electron chi connectivity index (χ2n) is 9.94. The fraction of sp³-hybridized carbons (Fsp3) is 0.448. The van der Waals surface area contributed by atoms with E-state index in [1.807, 2.05) is 12.1 Å². The third-order valence-corrected chi connectivity index (χ3v) is 8.72. The second-order valence-corrected chi connectivity index (χ2v) is 10.9. The Kier molecular flexibility index (Phi) is 7.27. The Morgan fingerprint density at radius 2 is 1.85 bits per heavy atom. The summed E-state index contributed by atoms with van der Waals surface area (Å²) in [7, 11) is 0. The van der Waals surface area contributed by atoms with E-state index in [2.05, 4.69) is 52.0 Å². The van der Waals surface area contributed by atoms with E-state index in [-0.39, 0.29) is 5.91 Å². The van der Waals surface area contributed by atoms with Gasteiger partial charge in [-0.15, -0.1) is 11.3 Å². The molecule has 2 aliphatic rings. The molecule has 3 aromatic rings. The van der Waals surface area contributed by atoms with Gasteiger partial charge in [-0.3, -0.25) is 4.79 Å². The molecule has 1 aliphatic heterocycles. The Morgan fingerprint density at radius 1 is 1.06 bits per heavy atom. The number of thiophene rings is 1. The van der Waals surface area contributed by atoms with Crippen LogP contribution in [0.25, 0.3) is 10.1 Å². The molecule has 0 bridgehead atoms. The average molecular weight is 472 g/mol. The van der Waals surface area contributed by atoms with Gasteiger partial charge >= 0.3 is 0 Å². The molecule has 2 heterocycles. The van der Waals surface area contributed by atoms with Crippen LogP contribution in [0.1, 0.15) is 54.4 Å². The minimum atomic E-state index is 0.163. The second kappa shape index (κ2) is 10.7. The smallest absolute Gasteiger partial charge is 0.224 e. The maximum absolute atomic E-state index is 12.7. The molecular weight excluding hydrogens is 438 g/mol. The molecule has 1 aliphatic carbocycles. The molecule has 1 fully saturated rings. The molecule has 1 saturated carbocycles. The van der Waals surface area contributed by atoms with Crippen molar-refractivity contribution in [3.63, 3.8) is 0 Å². The number of carbonyl (C=O) groups is 1. The van der Waals surface area contributed by atoms with Crippen molar-refractivity contribution in [2.45, 2.75) is 57.4 Å². The number of benzene rings is 2. The fourth-order valence-corrected chi connectivity index (χ4v) is 6.61. The zero-order chi connectivity index (χ0) is 23.3. The molecule has 1 amide bonds. The molecule has 5 rings (SSSR count). The molecule has 176 valence electrons. The number of hydrogen-bond acceptors (Lipinski definition) is 4. The number of amides is 1. The summed E-state index contributed by atoms with van der Waals surface area (Å²) in [4.78, 5) is 15.3.